The Hall–Kier alpha value is -3.77. The monoisotopic (exact) mass is 625 g/mol. The summed E-state index contributed by atoms with van der Waals surface area (Å²) in [7, 11) is 0. The van der Waals surface area contributed by atoms with Gasteiger partial charge in [-0.3, -0.25) is 19.2 Å². The van der Waals surface area contributed by atoms with Crippen LogP contribution in [0.1, 0.15) is 25.2 Å². The number of hydrogen-bond donors (Lipinski definition) is 0. The van der Waals surface area contributed by atoms with Gasteiger partial charge in [-0.05, 0) is 61.9 Å². The van der Waals surface area contributed by atoms with Gasteiger partial charge >= 0.3 is 21.1 Å². The summed E-state index contributed by atoms with van der Waals surface area (Å²) >= 11 is 0. The molecule has 6 rings (SSSR count). The first-order chi connectivity index (χ1) is 16.1. The molecule has 0 spiro atoms. The van der Waals surface area contributed by atoms with Gasteiger partial charge in [0.15, 0.2) is 0 Å². The normalized spacial score (nSPS) is 11.6. The van der Waals surface area contributed by atoms with Crippen LogP contribution in [0.25, 0.3) is 33.8 Å². The third-order valence-electron chi connectivity index (χ3n) is 5.73. The summed E-state index contributed by atoms with van der Waals surface area (Å²) in [5, 5.41) is 8.54. The Morgan fingerprint density at radius 1 is 0.676 bits per heavy atom. The van der Waals surface area contributed by atoms with Crippen molar-refractivity contribution in [1.29, 1.82) is 0 Å². The van der Waals surface area contributed by atoms with Crippen LogP contribution in [0.4, 0.5) is 0 Å². The topological polar surface area (TPSA) is 86.2 Å². The Bertz CT molecular complexity index is 1500. The Balaban J connectivity index is 0.00000241. The Kier molecular flexibility index (Phi) is 5.54. The van der Waals surface area contributed by atoms with Crippen LogP contribution < -0.4 is 0 Å². The Morgan fingerprint density at radius 3 is 1.62 bits per heavy atom. The molecule has 6 heterocycles. The number of nitrogens with zero attached hydrogens (tertiary/aromatic N) is 8. The minimum absolute atomic E-state index is 0. The van der Waals surface area contributed by atoms with Crippen molar-refractivity contribution in [2.45, 2.75) is 19.3 Å². The molecule has 0 radical (unpaired) electrons. The van der Waals surface area contributed by atoms with E-state index in [9.17, 15) is 0 Å². The van der Waals surface area contributed by atoms with Gasteiger partial charge in [-0.15, -0.1) is 11.1 Å². The van der Waals surface area contributed by atoms with Crippen molar-refractivity contribution >= 4 is 11.3 Å². The first kappa shape index (κ1) is 22.0. The van der Waals surface area contributed by atoms with Crippen LogP contribution >= 0.6 is 0 Å². The molecular formula is C25H18N8Pt. The fourth-order valence-electron chi connectivity index (χ4n) is 3.87. The molecule has 6 aromatic rings. The maximum absolute atomic E-state index is 4.95. The van der Waals surface area contributed by atoms with Crippen LogP contribution in [-0.2, 0) is 26.5 Å². The van der Waals surface area contributed by atoms with Crippen LogP contribution in [-0.4, -0.2) is 39.2 Å². The zero-order chi connectivity index (χ0) is 22.4. The van der Waals surface area contributed by atoms with Crippen molar-refractivity contribution in [3.63, 3.8) is 0 Å². The van der Waals surface area contributed by atoms with Crippen LogP contribution in [0.2, 0.25) is 0 Å². The predicted molar refractivity (Wildman–Crippen MR) is 122 cm³/mol. The van der Waals surface area contributed by atoms with Crippen molar-refractivity contribution in [2.24, 2.45) is 0 Å². The molecule has 0 aromatic carbocycles. The first-order valence-electron chi connectivity index (χ1n) is 10.5. The molecule has 9 heteroatoms. The van der Waals surface area contributed by atoms with E-state index in [1.54, 1.807) is 21.4 Å². The van der Waals surface area contributed by atoms with Gasteiger partial charge in [0.05, 0.1) is 11.3 Å². The van der Waals surface area contributed by atoms with Crippen LogP contribution in [0, 0.1) is 12.4 Å². The minimum Gasteiger partial charge on any atom is -0.316 e. The largest absolute Gasteiger partial charge is 2.00 e. The van der Waals surface area contributed by atoms with Gasteiger partial charge in [-0.2, -0.15) is 0 Å². The van der Waals surface area contributed by atoms with E-state index in [4.69, 9.17) is 9.97 Å². The van der Waals surface area contributed by atoms with Crippen LogP contribution in [0.15, 0.2) is 73.3 Å². The zero-order valence-electron chi connectivity index (χ0n) is 18.3. The summed E-state index contributed by atoms with van der Waals surface area (Å²) in [4.78, 5) is 18.8. The van der Waals surface area contributed by atoms with Crippen molar-refractivity contribution in [3.8, 4) is 22.5 Å². The van der Waals surface area contributed by atoms with Gasteiger partial charge in [-0.1, -0.05) is 24.3 Å². The van der Waals surface area contributed by atoms with Gasteiger partial charge < -0.3 is 19.9 Å². The average Bonchev–Trinajstić information content (AvgIpc) is 3.49. The SMILES string of the molecule is CC(C)(c1cccc(-c2[c-]nn3cccnc23)n1)c1cccc(-c2[c-]nn3cccnc23)n1.[Pt+2]. The van der Waals surface area contributed by atoms with Crippen molar-refractivity contribution in [2.75, 3.05) is 0 Å². The molecule has 0 aliphatic heterocycles. The molecule has 0 saturated carbocycles. The molecule has 6 aromatic heterocycles. The molecule has 0 unspecified atom stereocenters. The molecule has 34 heavy (non-hydrogen) atoms. The predicted octanol–water partition coefficient (Wildman–Crippen LogP) is 3.82. The van der Waals surface area contributed by atoms with E-state index >= 15 is 0 Å². The molecule has 0 aliphatic rings. The van der Waals surface area contributed by atoms with Crippen LogP contribution in [0.3, 0.4) is 0 Å². The van der Waals surface area contributed by atoms with E-state index < -0.39 is 5.41 Å². The molecule has 0 fully saturated rings. The third-order valence-corrected chi connectivity index (χ3v) is 5.73. The zero-order valence-corrected chi connectivity index (χ0v) is 20.6. The molecule has 8 nitrogen and oxygen atoms in total. The van der Waals surface area contributed by atoms with Gasteiger partial charge in [0, 0.05) is 41.6 Å². The Morgan fingerprint density at radius 2 is 1.15 bits per heavy atom. The summed E-state index contributed by atoms with van der Waals surface area (Å²) < 4.78 is 3.39. The van der Waals surface area contributed by atoms with E-state index in [-0.39, 0.29) is 21.1 Å². The second kappa shape index (κ2) is 8.54. The summed E-state index contributed by atoms with van der Waals surface area (Å²) in [6, 6.07) is 15.6. The standard InChI is InChI=1S/C25H18N8.Pt/c1-25(2,21-9-3-7-19(30-21)17-15-28-32-13-5-11-26-23(17)32)22-10-4-8-20(31-22)18-16-29-33-14-6-12-27-24(18)33;/h3-14H,1-2H3;/q-2;+2. The van der Waals surface area contributed by atoms with E-state index in [0.29, 0.717) is 0 Å². The maximum atomic E-state index is 4.95. The van der Waals surface area contributed by atoms with E-state index in [0.717, 1.165) is 45.2 Å². The molecule has 0 saturated heterocycles. The van der Waals surface area contributed by atoms with Crippen molar-refractivity contribution in [3.05, 3.63) is 97.1 Å². The van der Waals surface area contributed by atoms with Gasteiger partial charge in [0.25, 0.3) is 0 Å². The summed E-state index contributed by atoms with van der Waals surface area (Å²) in [6.45, 7) is 4.22. The average molecular weight is 626 g/mol. The number of fused-ring (bicyclic) bond motifs is 2. The van der Waals surface area contributed by atoms with Crippen molar-refractivity contribution in [1.82, 2.24) is 39.2 Å². The molecule has 0 amide bonds. The maximum Gasteiger partial charge on any atom is 2.00 e. The van der Waals surface area contributed by atoms with Gasteiger partial charge in [0.1, 0.15) is 0 Å². The smallest absolute Gasteiger partial charge is 0.316 e. The number of rotatable bonds is 4. The van der Waals surface area contributed by atoms with E-state index in [2.05, 4.69) is 46.4 Å². The number of pyridine rings is 2. The minimum atomic E-state index is -0.460. The fourth-order valence-corrected chi connectivity index (χ4v) is 3.87. The number of aromatic nitrogens is 8. The molecule has 168 valence electrons. The molecule has 0 N–H and O–H groups in total. The quantitative estimate of drug-likeness (QED) is 0.277. The van der Waals surface area contributed by atoms with E-state index in [1.165, 1.54) is 0 Å². The van der Waals surface area contributed by atoms with E-state index in [1.807, 2.05) is 60.9 Å². The number of hydrogen-bond acceptors (Lipinski definition) is 6. The second-order valence-electron chi connectivity index (χ2n) is 8.19. The second-order valence-corrected chi connectivity index (χ2v) is 8.19. The molecular weight excluding hydrogens is 607 g/mol. The summed E-state index contributed by atoms with van der Waals surface area (Å²) in [6.07, 6.45) is 13.3. The van der Waals surface area contributed by atoms with Crippen LogP contribution in [0.5, 0.6) is 0 Å². The third kappa shape index (κ3) is 3.60. The molecule has 0 aliphatic carbocycles. The first-order valence-corrected chi connectivity index (χ1v) is 10.5. The fraction of sp³-hybridized carbons (Fsp3) is 0.120. The summed E-state index contributed by atoms with van der Waals surface area (Å²) in [5.74, 6) is 0. The Labute approximate surface area is 210 Å². The van der Waals surface area contributed by atoms with Gasteiger partial charge in [-0.25, -0.2) is 0 Å². The van der Waals surface area contributed by atoms with Crippen molar-refractivity contribution < 1.29 is 21.1 Å². The molecule has 0 bridgehead atoms. The van der Waals surface area contributed by atoms with Gasteiger partial charge in [0.2, 0.25) is 0 Å². The molecule has 0 atom stereocenters. The summed E-state index contributed by atoms with van der Waals surface area (Å²) in [5.41, 5.74) is 5.82.